The van der Waals surface area contributed by atoms with Gasteiger partial charge in [-0.15, -0.1) is 11.3 Å². The van der Waals surface area contributed by atoms with Gasteiger partial charge in [0, 0.05) is 35.7 Å². The number of aromatic nitrogens is 2. The van der Waals surface area contributed by atoms with E-state index in [9.17, 15) is 4.79 Å². The van der Waals surface area contributed by atoms with Gasteiger partial charge < -0.3 is 25.2 Å². The van der Waals surface area contributed by atoms with Crippen LogP contribution in [-0.4, -0.2) is 70.7 Å². The van der Waals surface area contributed by atoms with E-state index in [1.807, 2.05) is 37.0 Å². The molecule has 8 nitrogen and oxygen atoms in total. The molecule has 0 radical (unpaired) electrons. The summed E-state index contributed by atoms with van der Waals surface area (Å²) in [6, 6.07) is 9.80. The van der Waals surface area contributed by atoms with Crippen molar-refractivity contribution in [3.63, 3.8) is 0 Å². The normalized spacial score (nSPS) is 21.5. The van der Waals surface area contributed by atoms with Gasteiger partial charge in [-0.25, -0.2) is 9.78 Å². The Balaban J connectivity index is 1.13. The molecule has 2 N–H and O–H groups in total. The number of hydrogen-bond donors (Lipinski definition) is 2. The van der Waals surface area contributed by atoms with Gasteiger partial charge in [0.25, 0.3) is 0 Å². The van der Waals surface area contributed by atoms with E-state index >= 15 is 0 Å². The van der Waals surface area contributed by atoms with E-state index in [1.165, 1.54) is 53.5 Å². The fourth-order valence-electron chi connectivity index (χ4n) is 6.78. The van der Waals surface area contributed by atoms with Crippen molar-refractivity contribution in [1.82, 2.24) is 19.8 Å². The number of nitrogens with one attached hydrogen (secondary N) is 2. The summed E-state index contributed by atoms with van der Waals surface area (Å²) in [5, 5.41) is 8.61. The zero-order valence-corrected chi connectivity index (χ0v) is 26.6. The second-order valence-electron chi connectivity index (χ2n) is 13.5. The molecule has 1 saturated carbocycles. The maximum absolute atomic E-state index is 12.4. The molecule has 3 heterocycles. The molecule has 0 spiro atoms. The minimum absolute atomic E-state index is 0.205. The number of piperidine rings is 1. The molecule has 0 atom stereocenters. The Morgan fingerprint density at radius 2 is 1.71 bits per heavy atom. The first kappa shape index (κ1) is 29.2. The zero-order chi connectivity index (χ0) is 29.4. The Morgan fingerprint density at radius 3 is 2.38 bits per heavy atom. The Hall–Kier alpha value is -2.91. The first-order valence-electron chi connectivity index (χ1n) is 15.7. The van der Waals surface area contributed by atoms with Crippen LogP contribution in [0.3, 0.4) is 0 Å². The Labute approximate surface area is 254 Å². The molecule has 0 unspecified atom stereocenters. The average Bonchev–Trinajstić information content (AvgIpc) is 3.54. The number of rotatable bonds is 6. The van der Waals surface area contributed by atoms with Gasteiger partial charge in [-0.3, -0.25) is 0 Å². The SMILES string of the molecule is CN(C)[C@H]1CC[C@H](Nc2nc(Nc3ccc(C4CCN(C(=O)OC(C)(C)C)CC4)cc3)nc3sc4c(c23)CCC4)CC1. The van der Waals surface area contributed by atoms with Gasteiger partial charge in [-0.05, 0) is 122 Å². The smallest absolute Gasteiger partial charge is 0.410 e. The number of carbonyl (C=O) groups is 1. The lowest BCUT2D eigenvalue weighted by molar-refractivity contribution is 0.0205. The molecule has 1 amide bonds. The molecule has 9 heteroatoms. The Morgan fingerprint density at radius 1 is 1.00 bits per heavy atom. The van der Waals surface area contributed by atoms with E-state index in [0.717, 1.165) is 55.1 Å². The van der Waals surface area contributed by atoms with Crippen LogP contribution in [0.15, 0.2) is 24.3 Å². The number of nitrogens with zero attached hydrogens (tertiary/aromatic N) is 4. The molecule has 1 aliphatic heterocycles. The van der Waals surface area contributed by atoms with Crippen molar-refractivity contribution in [3.8, 4) is 0 Å². The minimum atomic E-state index is -0.461. The second kappa shape index (κ2) is 12.0. The van der Waals surface area contributed by atoms with Crippen molar-refractivity contribution in [2.45, 2.75) is 102 Å². The van der Waals surface area contributed by atoms with Gasteiger partial charge in [0.1, 0.15) is 16.2 Å². The lowest BCUT2D eigenvalue weighted by Gasteiger charge is -2.33. The van der Waals surface area contributed by atoms with Crippen LogP contribution in [0, 0.1) is 0 Å². The topological polar surface area (TPSA) is 82.6 Å². The number of fused-ring (bicyclic) bond motifs is 3. The van der Waals surface area contributed by atoms with Gasteiger partial charge in [0.15, 0.2) is 0 Å². The van der Waals surface area contributed by atoms with Gasteiger partial charge in [-0.2, -0.15) is 4.98 Å². The fraction of sp³-hybridized carbons (Fsp3) is 0.606. The number of benzene rings is 1. The lowest BCUT2D eigenvalue weighted by atomic mass is 9.89. The molecule has 6 rings (SSSR count). The molecule has 2 fully saturated rings. The quantitative estimate of drug-likeness (QED) is 0.311. The number of likely N-dealkylation sites (tertiary alicyclic amines) is 1. The van der Waals surface area contributed by atoms with Crippen LogP contribution >= 0.6 is 11.3 Å². The molecule has 2 aliphatic carbocycles. The summed E-state index contributed by atoms with van der Waals surface area (Å²) in [6.07, 6.45) is 9.98. The number of hydrogen-bond acceptors (Lipinski definition) is 8. The summed E-state index contributed by atoms with van der Waals surface area (Å²) in [5.74, 6) is 2.10. The van der Waals surface area contributed by atoms with Crippen LogP contribution in [0.2, 0.25) is 0 Å². The molecule has 226 valence electrons. The highest BCUT2D eigenvalue weighted by molar-refractivity contribution is 7.19. The highest BCUT2D eigenvalue weighted by atomic mass is 32.1. The van der Waals surface area contributed by atoms with Crippen molar-refractivity contribution >= 4 is 45.1 Å². The first-order valence-corrected chi connectivity index (χ1v) is 16.5. The van der Waals surface area contributed by atoms with Gasteiger partial charge in [0.05, 0.1) is 5.39 Å². The third kappa shape index (κ3) is 6.52. The molecular formula is C33H46N6O2S. The third-order valence-corrected chi connectivity index (χ3v) is 10.3. The van der Waals surface area contributed by atoms with Crippen molar-refractivity contribution in [2.75, 3.05) is 37.8 Å². The highest BCUT2D eigenvalue weighted by Crippen LogP contribution is 2.41. The highest BCUT2D eigenvalue weighted by Gasteiger charge is 2.28. The monoisotopic (exact) mass is 590 g/mol. The van der Waals surface area contributed by atoms with Crippen LogP contribution in [0.1, 0.15) is 87.6 Å². The van der Waals surface area contributed by atoms with E-state index < -0.39 is 5.60 Å². The summed E-state index contributed by atoms with van der Waals surface area (Å²) in [4.78, 5) is 29.3. The molecule has 1 saturated heterocycles. The van der Waals surface area contributed by atoms with Crippen molar-refractivity contribution in [1.29, 1.82) is 0 Å². The molecular weight excluding hydrogens is 544 g/mol. The molecule has 3 aliphatic rings. The summed E-state index contributed by atoms with van der Waals surface area (Å²) in [7, 11) is 4.39. The predicted octanol–water partition coefficient (Wildman–Crippen LogP) is 7.32. The van der Waals surface area contributed by atoms with Gasteiger partial charge in [0.2, 0.25) is 5.95 Å². The molecule has 2 aromatic heterocycles. The number of thiophene rings is 1. The molecule has 1 aromatic carbocycles. The lowest BCUT2D eigenvalue weighted by Crippen LogP contribution is -2.41. The zero-order valence-electron chi connectivity index (χ0n) is 25.8. The van der Waals surface area contributed by atoms with E-state index in [4.69, 9.17) is 14.7 Å². The van der Waals surface area contributed by atoms with Crippen LogP contribution < -0.4 is 10.6 Å². The summed E-state index contributed by atoms with van der Waals surface area (Å²) in [6.45, 7) is 7.20. The molecule has 3 aromatic rings. The number of anilines is 3. The van der Waals surface area contributed by atoms with E-state index in [1.54, 1.807) is 0 Å². The molecule has 42 heavy (non-hydrogen) atoms. The van der Waals surface area contributed by atoms with Gasteiger partial charge in [-0.1, -0.05) is 12.1 Å². The largest absolute Gasteiger partial charge is 0.444 e. The van der Waals surface area contributed by atoms with Crippen molar-refractivity contribution < 1.29 is 9.53 Å². The predicted molar refractivity (Wildman–Crippen MR) is 172 cm³/mol. The number of carbonyl (C=O) groups excluding carboxylic acids is 1. The first-order chi connectivity index (χ1) is 20.1. The fourth-order valence-corrected chi connectivity index (χ4v) is 8.04. The summed E-state index contributed by atoms with van der Waals surface area (Å²) >= 11 is 1.84. The van der Waals surface area contributed by atoms with Crippen LogP contribution in [-0.2, 0) is 17.6 Å². The Bertz CT molecular complexity index is 1400. The number of ether oxygens (including phenoxy) is 1. The van der Waals surface area contributed by atoms with Crippen LogP contribution in [0.4, 0.5) is 22.2 Å². The summed E-state index contributed by atoms with van der Waals surface area (Å²) < 4.78 is 5.56. The summed E-state index contributed by atoms with van der Waals surface area (Å²) in [5.41, 5.74) is 3.31. The van der Waals surface area contributed by atoms with Crippen molar-refractivity contribution in [2.24, 2.45) is 0 Å². The number of aryl methyl sites for hydroxylation is 2. The average molecular weight is 591 g/mol. The van der Waals surface area contributed by atoms with E-state index in [0.29, 0.717) is 23.9 Å². The minimum Gasteiger partial charge on any atom is -0.444 e. The second-order valence-corrected chi connectivity index (χ2v) is 14.6. The van der Waals surface area contributed by atoms with Crippen LogP contribution in [0.5, 0.6) is 0 Å². The van der Waals surface area contributed by atoms with E-state index in [-0.39, 0.29) is 6.09 Å². The van der Waals surface area contributed by atoms with Crippen LogP contribution in [0.25, 0.3) is 10.2 Å². The maximum atomic E-state index is 12.4. The maximum Gasteiger partial charge on any atom is 0.410 e. The standard InChI is InChI=1S/C33H46N6O2S/c1-33(2,3)41-32(40)39-19-17-22(18-20-39)21-9-11-24(12-10-21)35-31-36-29(34-23-13-15-25(16-14-23)38(4)5)28-26-7-6-8-27(26)42-30(28)37-31/h9-12,22-23,25H,6-8,13-20H2,1-5H3,(H2,34,35,36,37)/t23-,25-. The molecule has 0 bridgehead atoms. The van der Waals surface area contributed by atoms with E-state index in [2.05, 4.69) is 53.9 Å². The van der Waals surface area contributed by atoms with Crippen molar-refractivity contribution in [3.05, 3.63) is 40.3 Å². The Kier molecular flexibility index (Phi) is 8.33. The van der Waals surface area contributed by atoms with Gasteiger partial charge >= 0.3 is 6.09 Å². The number of amides is 1. The third-order valence-electron chi connectivity index (χ3n) is 9.12.